The van der Waals surface area contributed by atoms with Crippen molar-refractivity contribution >= 4 is 5.91 Å². The predicted octanol–water partition coefficient (Wildman–Crippen LogP) is 1.03. The standard InChI is InChI=1S/C15H16FNO3/c1-11-10-17(6-8-20-11)15(19)13-9-12(3-2-7-18)4-5-14(13)16/h4-5,9,11,18H,6-8,10H2,1H3. The van der Waals surface area contributed by atoms with Gasteiger partial charge in [0, 0.05) is 18.7 Å². The molecular formula is C15H16FNO3. The van der Waals surface area contributed by atoms with E-state index in [0.29, 0.717) is 25.3 Å². The summed E-state index contributed by atoms with van der Waals surface area (Å²) in [5.74, 6) is 4.22. The van der Waals surface area contributed by atoms with Gasteiger partial charge in [0.15, 0.2) is 0 Å². The second-order valence-electron chi connectivity index (χ2n) is 4.59. The van der Waals surface area contributed by atoms with Crippen LogP contribution in [0.1, 0.15) is 22.8 Å². The molecule has 1 aromatic rings. The van der Waals surface area contributed by atoms with Crippen LogP contribution in [-0.4, -0.2) is 48.3 Å². The molecule has 0 bridgehead atoms. The molecule has 20 heavy (non-hydrogen) atoms. The van der Waals surface area contributed by atoms with E-state index in [1.807, 2.05) is 6.92 Å². The summed E-state index contributed by atoms with van der Waals surface area (Å²) in [5.41, 5.74) is 0.508. The molecule has 1 heterocycles. The molecule has 0 radical (unpaired) electrons. The van der Waals surface area contributed by atoms with Gasteiger partial charge in [-0.2, -0.15) is 0 Å². The first kappa shape index (κ1) is 14.5. The summed E-state index contributed by atoms with van der Waals surface area (Å²) < 4.78 is 19.2. The summed E-state index contributed by atoms with van der Waals surface area (Å²) in [6.07, 6.45) is -0.0480. The van der Waals surface area contributed by atoms with Gasteiger partial charge >= 0.3 is 0 Å². The molecular weight excluding hydrogens is 261 g/mol. The van der Waals surface area contributed by atoms with Crippen molar-refractivity contribution in [2.75, 3.05) is 26.3 Å². The fourth-order valence-electron chi connectivity index (χ4n) is 2.08. The fourth-order valence-corrected chi connectivity index (χ4v) is 2.08. The van der Waals surface area contributed by atoms with Crippen LogP contribution in [-0.2, 0) is 4.74 Å². The zero-order valence-corrected chi connectivity index (χ0v) is 11.2. The van der Waals surface area contributed by atoms with E-state index in [9.17, 15) is 9.18 Å². The molecule has 0 aromatic heterocycles. The van der Waals surface area contributed by atoms with Crippen LogP contribution in [0, 0.1) is 17.7 Å². The third-order valence-electron chi connectivity index (χ3n) is 3.04. The number of carbonyl (C=O) groups is 1. The Bertz CT molecular complexity index is 562. The third-order valence-corrected chi connectivity index (χ3v) is 3.04. The molecule has 1 unspecified atom stereocenters. The number of aliphatic hydroxyl groups is 1. The van der Waals surface area contributed by atoms with Crippen LogP contribution in [0.4, 0.5) is 4.39 Å². The smallest absolute Gasteiger partial charge is 0.257 e. The lowest BCUT2D eigenvalue weighted by molar-refractivity contribution is -0.0125. The number of nitrogens with zero attached hydrogens (tertiary/aromatic N) is 1. The van der Waals surface area contributed by atoms with Crippen molar-refractivity contribution in [1.82, 2.24) is 4.90 Å². The van der Waals surface area contributed by atoms with Crippen molar-refractivity contribution in [1.29, 1.82) is 0 Å². The summed E-state index contributed by atoms with van der Waals surface area (Å²) in [7, 11) is 0. The molecule has 1 aliphatic heterocycles. The Kier molecular flexibility index (Phi) is 4.72. The van der Waals surface area contributed by atoms with Crippen molar-refractivity contribution in [3.63, 3.8) is 0 Å². The highest BCUT2D eigenvalue weighted by molar-refractivity contribution is 5.95. The van der Waals surface area contributed by atoms with Gasteiger partial charge in [-0.25, -0.2) is 4.39 Å². The highest BCUT2D eigenvalue weighted by Crippen LogP contribution is 2.15. The van der Waals surface area contributed by atoms with Crippen molar-refractivity contribution in [3.05, 3.63) is 35.1 Å². The van der Waals surface area contributed by atoms with Crippen LogP contribution in [0.25, 0.3) is 0 Å². The Hall–Kier alpha value is -1.90. The number of amides is 1. The number of hydrogen-bond donors (Lipinski definition) is 1. The first-order chi connectivity index (χ1) is 9.61. The van der Waals surface area contributed by atoms with Crippen LogP contribution < -0.4 is 0 Å². The average Bonchev–Trinajstić information content (AvgIpc) is 2.45. The maximum absolute atomic E-state index is 13.8. The van der Waals surface area contributed by atoms with Crippen LogP contribution in [0.15, 0.2) is 18.2 Å². The van der Waals surface area contributed by atoms with Crippen molar-refractivity contribution in [2.24, 2.45) is 0 Å². The van der Waals surface area contributed by atoms with E-state index in [2.05, 4.69) is 11.8 Å². The van der Waals surface area contributed by atoms with Gasteiger partial charge in [0.05, 0.1) is 18.3 Å². The summed E-state index contributed by atoms with van der Waals surface area (Å²) in [6.45, 7) is 2.96. The van der Waals surface area contributed by atoms with Crippen LogP contribution in [0.5, 0.6) is 0 Å². The third kappa shape index (κ3) is 3.35. The second-order valence-corrected chi connectivity index (χ2v) is 4.59. The van der Waals surface area contributed by atoms with Gasteiger partial charge in [0.2, 0.25) is 0 Å². The predicted molar refractivity (Wildman–Crippen MR) is 71.7 cm³/mol. The molecule has 1 saturated heterocycles. The highest BCUT2D eigenvalue weighted by atomic mass is 19.1. The van der Waals surface area contributed by atoms with E-state index in [1.54, 1.807) is 4.90 Å². The molecule has 2 rings (SSSR count). The first-order valence-corrected chi connectivity index (χ1v) is 6.42. The maximum Gasteiger partial charge on any atom is 0.257 e. The van der Waals surface area contributed by atoms with Crippen LogP contribution >= 0.6 is 0 Å². The number of morpholine rings is 1. The molecule has 5 heteroatoms. The SMILES string of the molecule is CC1CN(C(=O)c2cc(C#CCO)ccc2F)CCO1. The minimum atomic E-state index is -0.566. The minimum Gasteiger partial charge on any atom is -0.384 e. The fraction of sp³-hybridized carbons (Fsp3) is 0.400. The molecule has 1 N–H and O–H groups in total. The van der Waals surface area contributed by atoms with Crippen molar-refractivity contribution < 1.29 is 19.0 Å². The number of rotatable bonds is 1. The Morgan fingerprint density at radius 3 is 3.10 bits per heavy atom. The van der Waals surface area contributed by atoms with Gasteiger partial charge < -0.3 is 14.7 Å². The van der Waals surface area contributed by atoms with Gasteiger partial charge in [0.25, 0.3) is 5.91 Å². The van der Waals surface area contributed by atoms with Gasteiger partial charge in [-0.3, -0.25) is 4.79 Å². The van der Waals surface area contributed by atoms with E-state index < -0.39 is 5.82 Å². The second kappa shape index (κ2) is 6.51. The highest BCUT2D eigenvalue weighted by Gasteiger charge is 2.24. The van der Waals surface area contributed by atoms with Gasteiger partial charge in [-0.15, -0.1) is 0 Å². The Balaban J connectivity index is 2.24. The zero-order valence-electron chi connectivity index (χ0n) is 11.2. The lowest BCUT2D eigenvalue weighted by Crippen LogP contribution is -2.44. The van der Waals surface area contributed by atoms with Crippen LogP contribution in [0.2, 0.25) is 0 Å². The summed E-state index contributed by atoms with van der Waals surface area (Å²) >= 11 is 0. The number of benzene rings is 1. The quantitative estimate of drug-likeness (QED) is 0.780. The molecule has 0 aliphatic carbocycles. The average molecular weight is 277 g/mol. The molecule has 1 aromatic carbocycles. The molecule has 4 nitrogen and oxygen atoms in total. The number of aliphatic hydroxyl groups excluding tert-OH is 1. The van der Waals surface area contributed by atoms with Gasteiger partial charge in [0.1, 0.15) is 12.4 Å². The number of carbonyl (C=O) groups excluding carboxylic acids is 1. The summed E-state index contributed by atoms with van der Waals surface area (Å²) in [6, 6.07) is 4.12. The number of hydrogen-bond acceptors (Lipinski definition) is 3. The topological polar surface area (TPSA) is 49.8 Å². The summed E-state index contributed by atoms with van der Waals surface area (Å²) in [5, 5.41) is 8.66. The maximum atomic E-state index is 13.8. The number of halogens is 1. The van der Waals surface area contributed by atoms with Crippen molar-refractivity contribution in [2.45, 2.75) is 13.0 Å². The van der Waals surface area contributed by atoms with E-state index in [0.717, 1.165) is 0 Å². The Morgan fingerprint density at radius 2 is 2.40 bits per heavy atom. The normalized spacial score (nSPS) is 18.4. The monoisotopic (exact) mass is 277 g/mol. The van der Waals surface area contributed by atoms with E-state index in [-0.39, 0.29) is 24.2 Å². The minimum absolute atomic E-state index is 0.00356. The van der Waals surface area contributed by atoms with E-state index >= 15 is 0 Å². The molecule has 0 saturated carbocycles. The van der Waals surface area contributed by atoms with Gasteiger partial charge in [-0.1, -0.05) is 11.8 Å². The zero-order chi connectivity index (χ0) is 14.5. The molecule has 1 fully saturated rings. The summed E-state index contributed by atoms with van der Waals surface area (Å²) in [4.78, 5) is 13.9. The molecule has 106 valence electrons. The molecule has 1 amide bonds. The Morgan fingerprint density at radius 1 is 1.60 bits per heavy atom. The largest absolute Gasteiger partial charge is 0.384 e. The van der Waals surface area contributed by atoms with E-state index in [1.165, 1.54) is 18.2 Å². The van der Waals surface area contributed by atoms with Crippen LogP contribution in [0.3, 0.4) is 0 Å². The molecule has 1 aliphatic rings. The van der Waals surface area contributed by atoms with Crippen molar-refractivity contribution in [3.8, 4) is 11.8 Å². The number of ether oxygens (including phenoxy) is 1. The first-order valence-electron chi connectivity index (χ1n) is 6.42. The van der Waals surface area contributed by atoms with Gasteiger partial charge in [-0.05, 0) is 25.1 Å². The lowest BCUT2D eigenvalue weighted by atomic mass is 10.1. The Labute approximate surface area is 117 Å². The molecule has 0 spiro atoms. The molecule has 1 atom stereocenters. The lowest BCUT2D eigenvalue weighted by Gasteiger charge is -2.31. The van der Waals surface area contributed by atoms with E-state index in [4.69, 9.17) is 9.84 Å².